The molecule has 0 bridgehead atoms. The van der Waals surface area contributed by atoms with Crippen molar-refractivity contribution in [1.82, 2.24) is 9.78 Å². The molecule has 1 aromatic carbocycles. The van der Waals surface area contributed by atoms with E-state index in [1.165, 1.54) is 12.3 Å². The summed E-state index contributed by atoms with van der Waals surface area (Å²) in [6, 6.07) is 2.46. The molecule has 3 aromatic rings. The van der Waals surface area contributed by atoms with Crippen molar-refractivity contribution >= 4 is 33.3 Å². The lowest BCUT2D eigenvalue weighted by Gasteiger charge is -2.07. The number of carbonyl (C=O) groups is 1. The molecule has 8 nitrogen and oxygen atoms in total. The molecule has 0 fully saturated rings. The van der Waals surface area contributed by atoms with Crippen LogP contribution in [0.4, 0.5) is 29.1 Å². The van der Waals surface area contributed by atoms with Crippen LogP contribution in [0.25, 0.3) is 0 Å². The fourth-order valence-corrected chi connectivity index (χ4v) is 2.65. The second-order valence-electron chi connectivity index (χ2n) is 5.32. The van der Waals surface area contributed by atoms with E-state index in [2.05, 4.69) is 21.0 Å². The molecule has 1 N–H and O–H groups in total. The van der Waals surface area contributed by atoms with Gasteiger partial charge in [-0.25, -0.2) is 17.6 Å². The average Bonchev–Trinajstić information content (AvgIpc) is 3.23. The Bertz CT molecular complexity index is 1070. The Morgan fingerprint density at radius 3 is 2.46 bits per heavy atom. The van der Waals surface area contributed by atoms with Gasteiger partial charge in [0.15, 0.2) is 29.0 Å². The highest BCUT2D eigenvalue weighted by atomic mass is 79.9. The molecule has 1 amide bonds. The summed E-state index contributed by atoms with van der Waals surface area (Å²) in [5.74, 6) is -8.79. The van der Waals surface area contributed by atoms with E-state index in [1.807, 2.05) is 0 Å². The van der Waals surface area contributed by atoms with Crippen molar-refractivity contribution in [2.75, 3.05) is 5.32 Å². The lowest BCUT2D eigenvalue weighted by molar-refractivity contribution is -0.390. The monoisotopic (exact) mass is 462 g/mol. The summed E-state index contributed by atoms with van der Waals surface area (Å²) in [6.07, 6.45) is 1.31. The maximum absolute atomic E-state index is 13.6. The normalized spacial score (nSPS) is 10.9. The van der Waals surface area contributed by atoms with Gasteiger partial charge in [-0.15, -0.1) is 0 Å². The first-order valence-corrected chi connectivity index (χ1v) is 8.07. The van der Waals surface area contributed by atoms with Crippen LogP contribution in [0.3, 0.4) is 0 Å². The zero-order chi connectivity index (χ0) is 20.6. The number of carbonyl (C=O) groups excluding carboxylic acids is 1. The third-order valence-electron chi connectivity index (χ3n) is 3.43. The lowest BCUT2D eigenvalue weighted by atomic mass is 10.2. The van der Waals surface area contributed by atoms with Gasteiger partial charge in [-0.05, 0) is 33.0 Å². The van der Waals surface area contributed by atoms with Crippen LogP contribution in [0, 0.1) is 33.4 Å². The van der Waals surface area contributed by atoms with E-state index < -0.39 is 51.4 Å². The Hall–Kier alpha value is -3.22. The van der Waals surface area contributed by atoms with Gasteiger partial charge in [0.2, 0.25) is 0 Å². The maximum Gasteiger partial charge on any atom is 0.404 e. The second-order valence-corrected chi connectivity index (χ2v) is 6.17. The molecule has 146 valence electrons. The van der Waals surface area contributed by atoms with Crippen LogP contribution in [0.1, 0.15) is 16.3 Å². The van der Waals surface area contributed by atoms with Crippen molar-refractivity contribution < 1.29 is 31.7 Å². The number of hydrogen-bond donors (Lipinski definition) is 1. The summed E-state index contributed by atoms with van der Waals surface area (Å²) >= 11 is 2.97. The first kappa shape index (κ1) is 19.5. The standard InChI is InChI=1S/C15H7BrF4N4O4/c16-7-5-23(22-14(7)24(26)27)4-6-1-2-10(28-6)15(25)21-13-11(19)8(17)3-9(18)12(13)20/h1-3,5H,4H2,(H,21,25). The van der Waals surface area contributed by atoms with E-state index in [-0.39, 0.29) is 22.8 Å². The van der Waals surface area contributed by atoms with Crippen LogP contribution in [0.15, 0.2) is 33.3 Å². The Labute approximate surface area is 161 Å². The van der Waals surface area contributed by atoms with Crippen molar-refractivity contribution in [3.05, 3.63) is 73.8 Å². The van der Waals surface area contributed by atoms with E-state index in [1.54, 1.807) is 5.32 Å². The molecule has 0 spiro atoms. The number of halogens is 5. The van der Waals surface area contributed by atoms with Crippen molar-refractivity contribution in [3.63, 3.8) is 0 Å². The van der Waals surface area contributed by atoms with Gasteiger partial charge in [0.1, 0.15) is 22.5 Å². The maximum atomic E-state index is 13.6. The molecule has 0 saturated carbocycles. The number of nitrogens with zero attached hydrogens (tertiary/aromatic N) is 3. The minimum absolute atomic E-state index is 0.00667. The Morgan fingerprint density at radius 1 is 1.25 bits per heavy atom. The molecular weight excluding hydrogens is 456 g/mol. The van der Waals surface area contributed by atoms with Gasteiger partial charge < -0.3 is 19.8 Å². The summed E-state index contributed by atoms with van der Waals surface area (Å²) < 4.78 is 60.1. The molecule has 2 aromatic heterocycles. The van der Waals surface area contributed by atoms with Crippen molar-refractivity contribution in [2.24, 2.45) is 0 Å². The van der Waals surface area contributed by atoms with Crippen LogP contribution in [-0.2, 0) is 6.54 Å². The van der Waals surface area contributed by atoms with Gasteiger partial charge in [0.25, 0.3) is 5.91 Å². The van der Waals surface area contributed by atoms with Crippen LogP contribution in [0.5, 0.6) is 0 Å². The van der Waals surface area contributed by atoms with Crippen LogP contribution >= 0.6 is 15.9 Å². The van der Waals surface area contributed by atoms with Crippen LogP contribution in [-0.4, -0.2) is 20.6 Å². The minimum atomic E-state index is -1.77. The van der Waals surface area contributed by atoms with Gasteiger partial charge in [0.05, 0.1) is 11.3 Å². The average molecular weight is 463 g/mol. The molecule has 0 radical (unpaired) electrons. The molecule has 0 aliphatic carbocycles. The van der Waals surface area contributed by atoms with E-state index in [4.69, 9.17) is 4.42 Å². The van der Waals surface area contributed by atoms with Gasteiger partial charge >= 0.3 is 5.82 Å². The predicted molar refractivity (Wildman–Crippen MR) is 88.6 cm³/mol. The number of amides is 1. The van der Waals surface area contributed by atoms with Gasteiger partial charge in [-0.1, -0.05) is 0 Å². The summed E-state index contributed by atoms with van der Waals surface area (Å²) in [4.78, 5) is 22.1. The van der Waals surface area contributed by atoms with Gasteiger partial charge in [-0.2, -0.15) is 4.68 Å². The highest BCUT2D eigenvalue weighted by Gasteiger charge is 2.23. The van der Waals surface area contributed by atoms with E-state index in [0.29, 0.717) is 0 Å². The topological polar surface area (TPSA) is 103 Å². The minimum Gasteiger partial charge on any atom is -0.454 e. The molecule has 3 rings (SSSR count). The molecule has 13 heteroatoms. The number of hydrogen-bond acceptors (Lipinski definition) is 5. The van der Waals surface area contributed by atoms with Gasteiger partial charge in [-0.3, -0.25) is 4.79 Å². The Balaban J connectivity index is 1.78. The largest absolute Gasteiger partial charge is 0.454 e. The SMILES string of the molecule is O=C(Nc1c(F)c(F)cc(F)c1F)c1ccc(Cn2cc(Br)c([N+](=O)[O-])n2)o1. The zero-order valence-electron chi connectivity index (χ0n) is 13.4. The smallest absolute Gasteiger partial charge is 0.404 e. The molecule has 0 unspecified atom stereocenters. The van der Waals surface area contributed by atoms with E-state index in [9.17, 15) is 32.5 Å². The Morgan fingerprint density at radius 2 is 1.89 bits per heavy atom. The number of aromatic nitrogens is 2. The second kappa shape index (κ2) is 7.42. The first-order valence-electron chi connectivity index (χ1n) is 7.27. The third kappa shape index (κ3) is 3.74. The molecule has 0 aliphatic heterocycles. The number of nitrogens with one attached hydrogen (secondary N) is 1. The molecule has 0 atom stereocenters. The quantitative estimate of drug-likeness (QED) is 0.267. The lowest BCUT2D eigenvalue weighted by Crippen LogP contribution is -2.15. The van der Waals surface area contributed by atoms with Crippen LogP contribution < -0.4 is 5.32 Å². The summed E-state index contributed by atoms with van der Waals surface area (Å²) in [7, 11) is 0. The number of anilines is 1. The van der Waals surface area contributed by atoms with E-state index in [0.717, 1.165) is 10.7 Å². The van der Waals surface area contributed by atoms with Crippen molar-refractivity contribution in [1.29, 1.82) is 0 Å². The fraction of sp³-hybridized carbons (Fsp3) is 0.0667. The summed E-state index contributed by atoms with van der Waals surface area (Å²) in [5.41, 5.74) is -1.30. The highest BCUT2D eigenvalue weighted by molar-refractivity contribution is 9.10. The third-order valence-corrected chi connectivity index (χ3v) is 3.99. The molecular formula is C15H7BrF4N4O4. The molecule has 28 heavy (non-hydrogen) atoms. The Kier molecular flexibility index (Phi) is 5.18. The number of benzene rings is 1. The molecule has 2 heterocycles. The molecule has 0 aliphatic rings. The zero-order valence-corrected chi connectivity index (χ0v) is 15.0. The fourth-order valence-electron chi connectivity index (χ4n) is 2.19. The van der Waals surface area contributed by atoms with E-state index >= 15 is 0 Å². The predicted octanol–water partition coefficient (Wildman–Crippen LogP) is 4.00. The number of rotatable bonds is 5. The van der Waals surface area contributed by atoms with Crippen molar-refractivity contribution in [2.45, 2.75) is 6.54 Å². The van der Waals surface area contributed by atoms with Crippen LogP contribution in [0.2, 0.25) is 0 Å². The van der Waals surface area contributed by atoms with Crippen molar-refractivity contribution in [3.8, 4) is 0 Å². The summed E-state index contributed by atoms with van der Waals surface area (Å²) in [6.45, 7) is -0.100. The highest BCUT2D eigenvalue weighted by Crippen LogP contribution is 2.25. The summed E-state index contributed by atoms with van der Waals surface area (Å²) in [5, 5.41) is 16.2. The number of nitro groups is 1. The van der Waals surface area contributed by atoms with Gasteiger partial charge in [0, 0.05) is 6.07 Å². The molecule has 0 saturated heterocycles. The first-order chi connectivity index (χ1) is 13.2. The number of furan rings is 1.